The van der Waals surface area contributed by atoms with Gasteiger partial charge in [-0.05, 0) is 25.1 Å². The van der Waals surface area contributed by atoms with Gasteiger partial charge in [0.25, 0.3) is 0 Å². The van der Waals surface area contributed by atoms with E-state index in [1.54, 1.807) is 0 Å². The van der Waals surface area contributed by atoms with Crippen molar-refractivity contribution in [3.05, 3.63) is 34.3 Å². The molecule has 6 heteroatoms. The molecule has 114 valence electrons. The monoisotopic (exact) mass is 362 g/mol. The molecule has 20 heavy (non-hydrogen) atoms. The number of rotatable bonds is 7. The number of halogens is 1. The molecule has 0 aliphatic rings. The van der Waals surface area contributed by atoms with Crippen LogP contribution in [0.1, 0.15) is 24.9 Å². The largest absolute Gasteiger partial charge is 0.326 e. The molecule has 0 bridgehead atoms. The van der Waals surface area contributed by atoms with Crippen LogP contribution in [0.25, 0.3) is 0 Å². The molecule has 4 nitrogen and oxygen atoms in total. The summed E-state index contributed by atoms with van der Waals surface area (Å²) in [6.07, 6.45) is 2.09. The Balaban J connectivity index is 2.98. The zero-order valence-electron chi connectivity index (χ0n) is 12.2. The van der Waals surface area contributed by atoms with Gasteiger partial charge in [0.1, 0.15) is 9.84 Å². The minimum absolute atomic E-state index is 0.00248. The molecule has 0 fully saturated rings. The van der Waals surface area contributed by atoms with Gasteiger partial charge in [-0.1, -0.05) is 41.1 Å². The summed E-state index contributed by atoms with van der Waals surface area (Å²) in [5.41, 5.74) is 7.34. The van der Waals surface area contributed by atoms with Crippen LogP contribution in [0.15, 0.2) is 28.7 Å². The Labute approximate surface area is 130 Å². The first kappa shape index (κ1) is 17.6. The average molecular weight is 363 g/mol. The summed E-state index contributed by atoms with van der Waals surface area (Å²) in [5, 5.41) is 0. The highest BCUT2D eigenvalue weighted by molar-refractivity contribution is 9.10. The van der Waals surface area contributed by atoms with E-state index >= 15 is 0 Å². The second-order valence-electron chi connectivity index (χ2n) is 5.15. The van der Waals surface area contributed by atoms with Crippen LogP contribution < -0.4 is 5.73 Å². The Morgan fingerprint density at radius 3 is 2.45 bits per heavy atom. The van der Waals surface area contributed by atoms with Gasteiger partial charge in [0.2, 0.25) is 0 Å². The van der Waals surface area contributed by atoms with Gasteiger partial charge in [0.15, 0.2) is 0 Å². The summed E-state index contributed by atoms with van der Waals surface area (Å²) < 4.78 is 23.7. The van der Waals surface area contributed by atoms with Crippen LogP contribution in [0.4, 0.5) is 0 Å². The average Bonchev–Trinajstić information content (AvgIpc) is 2.38. The second-order valence-corrected chi connectivity index (χ2v) is 8.26. The summed E-state index contributed by atoms with van der Waals surface area (Å²) in [6.45, 7) is 2.51. The molecule has 2 unspecified atom stereocenters. The predicted molar refractivity (Wildman–Crippen MR) is 87.5 cm³/mol. The molecule has 2 atom stereocenters. The molecule has 1 rings (SSSR count). The molecule has 0 heterocycles. The van der Waals surface area contributed by atoms with Crippen molar-refractivity contribution >= 4 is 25.8 Å². The maximum Gasteiger partial charge on any atom is 0.148 e. The van der Waals surface area contributed by atoms with Gasteiger partial charge in [-0.25, -0.2) is 8.42 Å². The molecule has 0 radical (unpaired) electrons. The van der Waals surface area contributed by atoms with Crippen molar-refractivity contribution in [1.82, 2.24) is 4.90 Å². The third-order valence-electron chi connectivity index (χ3n) is 3.39. The third kappa shape index (κ3) is 5.16. The van der Waals surface area contributed by atoms with E-state index in [0.29, 0.717) is 6.54 Å². The maximum atomic E-state index is 11.3. The van der Waals surface area contributed by atoms with Crippen LogP contribution in [0.2, 0.25) is 0 Å². The molecule has 0 amide bonds. The lowest BCUT2D eigenvalue weighted by Gasteiger charge is -2.33. The van der Waals surface area contributed by atoms with E-state index in [-0.39, 0.29) is 17.8 Å². The molecule has 0 saturated carbocycles. The lowest BCUT2D eigenvalue weighted by molar-refractivity contribution is 0.220. The van der Waals surface area contributed by atoms with Crippen molar-refractivity contribution in [1.29, 1.82) is 0 Å². The number of nitrogens with zero attached hydrogens (tertiary/aromatic N) is 1. The molecule has 0 saturated heterocycles. The number of hydrogen-bond donors (Lipinski definition) is 1. The van der Waals surface area contributed by atoms with Gasteiger partial charge in [-0.15, -0.1) is 0 Å². The van der Waals surface area contributed by atoms with Crippen molar-refractivity contribution in [3.8, 4) is 0 Å². The minimum atomic E-state index is -2.97. The number of nitrogens with two attached hydrogens (primary N) is 1. The van der Waals surface area contributed by atoms with Gasteiger partial charge >= 0.3 is 0 Å². The molecule has 1 aromatic carbocycles. The van der Waals surface area contributed by atoms with Crippen LogP contribution in [0.3, 0.4) is 0 Å². The van der Waals surface area contributed by atoms with E-state index in [0.717, 1.165) is 16.5 Å². The van der Waals surface area contributed by atoms with Crippen LogP contribution >= 0.6 is 15.9 Å². The van der Waals surface area contributed by atoms with Gasteiger partial charge in [0, 0.05) is 23.3 Å². The zero-order valence-corrected chi connectivity index (χ0v) is 14.6. The predicted octanol–water partition coefficient (Wildman–Crippen LogP) is 2.20. The van der Waals surface area contributed by atoms with Crippen molar-refractivity contribution in [3.63, 3.8) is 0 Å². The molecule has 0 aromatic heterocycles. The highest BCUT2D eigenvalue weighted by Gasteiger charge is 2.25. The van der Waals surface area contributed by atoms with Gasteiger partial charge in [0.05, 0.1) is 11.8 Å². The zero-order chi connectivity index (χ0) is 15.3. The normalized spacial score (nSPS) is 15.3. The topological polar surface area (TPSA) is 63.4 Å². The van der Waals surface area contributed by atoms with Crippen LogP contribution in [0.5, 0.6) is 0 Å². The van der Waals surface area contributed by atoms with Crippen molar-refractivity contribution < 1.29 is 8.42 Å². The fourth-order valence-electron chi connectivity index (χ4n) is 2.18. The van der Waals surface area contributed by atoms with E-state index in [4.69, 9.17) is 5.73 Å². The molecular weight excluding hydrogens is 340 g/mol. The smallest absolute Gasteiger partial charge is 0.148 e. The molecule has 2 N–H and O–H groups in total. The van der Waals surface area contributed by atoms with E-state index < -0.39 is 9.84 Å². The van der Waals surface area contributed by atoms with Crippen molar-refractivity contribution in [2.45, 2.75) is 25.4 Å². The van der Waals surface area contributed by atoms with E-state index in [1.807, 2.05) is 43.1 Å². The first-order chi connectivity index (χ1) is 9.26. The van der Waals surface area contributed by atoms with Gasteiger partial charge < -0.3 is 5.73 Å². The van der Waals surface area contributed by atoms with Crippen LogP contribution in [-0.2, 0) is 9.84 Å². The van der Waals surface area contributed by atoms with Crippen LogP contribution in [0, 0.1) is 0 Å². The Hall–Kier alpha value is -0.430. The standard InChI is InChI=1S/C14H23BrN2O2S/c1-4-13(16)14(11-7-5-6-8-12(11)15)17(2)9-10-20(3,18)19/h5-8,13-14H,4,9-10,16H2,1-3H3. The lowest BCUT2D eigenvalue weighted by Crippen LogP contribution is -2.40. The van der Waals surface area contributed by atoms with Crippen LogP contribution in [-0.4, -0.2) is 45.0 Å². The quantitative estimate of drug-likeness (QED) is 0.807. The summed E-state index contributed by atoms with van der Waals surface area (Å²) in [6, 6.07) is 7.89. The van der Waals surface area contributed by atoms with Gasteiger partial charge in [-0.2, -0.15) is 0 Å². The summed E-state index contributed by atoms with van der Waals surface area (Å²) in [4.78, 5) is 2.02. The van der Waals surface area contributed by atoms with E-state index in [9.17, 15) is 8.42 Å². The molecule has 0 aliphatic heterocycles. The number of likely N-dealkylation sites (N-methyl/N-ethyl adjacent to an activating group) is 1. The Morgan fingerprint density at radius 1 is 1.35 bits per heavy atom. The number of hydrogen-bond acceptors (Lipinski definition) is 4. The highest BCUT2D eigenvalue weighted by Crippen LogP contribution is 2.29. The Morgan fingerprint density at radius 2 is 1.95 bits per heavy atom. The Bertz CT molecular complexity index is 534. The number of benzene rings is 1. The number of sulfone groups is 1. The molecule has 0 aliphatic carbocycles. The van der Waals surface area contributed by atoms with E-state index in [1.165, 1.54) is 6.26 Å². The fourth-order valence-corrected chi connectivity index (χ4v) is 3.32. The molecular formula is C14H23BrN2O2S. The molecule has 0 spiro atoms. The fraction of sp³-hybridized carbons (Fsp3) is 0.571. The summed E-state index contributed by atoms with van der Waals surface area (Å²) in [5.74, 6) is 0.140. The highest BCUT2D eigenvalue weighted by atomic mass is 79.9. The van der Waals surface area contributed by atoms with E-state index in [2.05, 4.69) is 15.9 Å². The maximum absolute atomic E-state index is 11.3. The summed E-state index contributed by atoms with van der Waals surface area (Å²) in [7, 11) is -1.05. The summed E-state index contributed by atoms with van der Waals surface area (Å²) >= 11 is 3.55. The van der Waals surface area contributed by atoms with Crippen molar-refractivity contribution in [2.75, 3.05) is 25.6 Å². The van der Waals surface area contributed by atoms with Gasteiger partial charge in [-0.3, -0.25) is 4.90 Å². The first-order valence-electron chi connectivity index (χ1n) is 6.64. The van der Waals surface area contributed by atoms with Crippen molar-refractivity contribution in [2.24, 2.45) is 5.73 Å². The third-order valence-corrected chi connectivity index (χ3v) is 5.04. The lowest BCUT2D eigenvalue weighted by atomic mass is 9.97. The Kier molecular flexibility index (Phi) is 6.64. The second kappa shape index (κ2) is 7.54. The minimum Gasteiger partial charge on any atom is -0.326 e. The SMILES string of the molecule is CCC(N)C(c1ccccc1Br)N(C)CCS(C)(=O)=O. The first-order valence-corrected chi connectivity index (χ1v) is 9.49. The molecule has 1 aromatic rings.